The summed E-state index contributed by atoms with van der Waals surface area (Å²) in [4.78, 5) is 11.3. The van der Waals surface area contributed by atoms with Crippen LogP contribution in [0.25, 0.3) is 0 Å². The predicted octanol–water partition coefficient (Wildman–Crippen LogP) is 1.59. The zero-order valence-corrected chi connectivity index (χ0v) is 10.2. The first kappa shape index (κ1) is 13.0. The highest BCUT2D eigenvalue weighted by molar-refractivity contribution is 5.83. The molecule has 0 spiro atoms. The fourth-order valence-corrected chi connectivity index (χ4v) is 1.09. The van der Waals surface area contributed by atoms with Crippen LogP contribution in [-0.2, 0) is 4.79 Å². The largest absolute Gasteiger partial charge is 0.493 e. The van der Waals surface area contributed by atoms with Crippen LogP contribution >= 0.6 is 0 Å². The summed E-state index contributed by atoms with van der Waals surface area (Å²) < 4.78 is 10.4. The van der Waals surface area contributed by atoms with Crippen molar-refractivity contribution in [1.82, 2.24) is 5.43 Å². The van der Waals surface area contributed by atoms with Crippen molar-refractivity contribution in [2.24, 2.45) is 5.10 Å². The lowest BCUT2D eigenvalue weighted by molar-refractivity contribution is -0.123. The Hall–Kier alpha value is -2.04. The Morgan fingerprint density at radius 3 is 2.53 bits per heavy atom. The number of methoxy groups -OCH3 is 1. The van der Waals surface area contributed by atoms with Crippen molar-refractivity contribution in [1.29, 1.82) is 0 Å². The molecular formula is C12H16N2O3. The van der Waals surface area contributed by atoms with Crippen molar-refractivity contribution in [3.8, 4) is 11.5 Å². The van der Waals surface area contributed by atoms with E-state index >= 15 is 0 Å². The Kier molecular flexibility index (Phi) is 5.00. The highest BCUT2D eigenvalue weighted by Gasteiger charge is 2.05. The van der Waals surface area contributed by atoms with E-state index in [0.29, 0.717) is 11.5 Å². The molecule has 0 aromatic heterocycles. The van der Waals surface area contributed by atoms with Crippen molar-refractivity contribution in [2.75, 3.05) is 13.7 Å². The third kappa shape index (κ3) is 4.55. The Morgan fingerprint density at radius 2 is 1.94 bits per heavy atom. The van der Waals surface area contributed by atoms with Gasteiger partial charge in [0.25, 0.3) is 5.91 Å². The Balaban J connectivity index is 2.50. The van der Waals surface area contributed by atoms with Gasteiger partial charge in [0.05, 0.1) is 7.11 Å². The van der Waals surface area contributed by atoms with E-state index in [1.165, 1.54) is 0 Å². The lowest BCUT2D eigenvalue weighted by Crippen LogP contribution is -2.25. The second kappa shape index (κ2) is 6.52. The van der Waals surface area contributed by atoms with Crippen molar-refractivity contribution in [2.45, 2.75) is 13.8 Å². The van der Waals surface area contributed by atoms with Gasteiger partial charge in [0, 0.05) is 5.71 Å². The maximum Gasteiger partial charge on any atom is 0.277 e. The van der Waals surface area contributed by atoms with Crippen molar-refractivity contribution in [3.05, 3.63) is 24.3 Å². The van der Waals surface area contributed by atoms with Crippen LogP contribution in [0.2, 0.25) is 0 Å². The van der Waals surface area contributed by atoms with Gasteiger partial charge in [-0.1, -0.05) is 12.1 Å². The molecule has 0 aliphatic carbocycles. The fourth-order valence-electron chi connectivity index (χ4n) is 1.09. The van der Waals surface area contributed by atoms with E-state index in [1.807, 2.05) is 12.1 Å². The average Bonchev–Trinajstić information content (AvgIpc) is 2.34. The minimum Gasteiger partial charge on any atom is -0.493 e. The summed E-state index contributed by atoms with van der Waals surface area (Å²) in [7, 11) is 1.55. The standard InChI is InChI=1S/C12H16N2O3/c1-9(2)13-14-12(15)8-17-11-7-5-4-6-10(11)16-3/h4-7H,8H2,1-3H3,(H,14,15). The van der Waals surface area contributed by atoms with Gasteiger partial charge >= 0.3 is 0 Å². The molecule has 0 unspecified atom stereocenters. The second-order valence-corrected chi connectivity index (χ2v) is 3.53. The summed E-state index contributed by atoms with van der Waals surface area (Å²) >= 11 is 0. The topological polar surface area (TPSA) is 59.9 Å². The Morgan fingerprint density at radius 1 is 1.29 bits per heavy atom. The molecule has 92 valence electrons. The first-order chi connectivity index (χ1) is 8.13. The second-order valence-electron chi connectivity index (χ2n) is 3.53. The number of nitrogens with one attached hydrogen (secondary N) is 1. The van der Waals surface area contributed by atoms with Gasteiger partial charge in [-0.25, -0.2) is 5.43 Å². The van der Waals surface area contributed by atoms with Crippen molar-refractivity contribution >= 4 is 11.6 Å². The van der Waals surface area contributed by atoms with E-state index in [9.17, 15) is 4.79 Å². The smallest absolute Gasteiger partial charge is 0.277 e. The quantitative estimate of drug-likeness (QED) is 0.623. The van der Waals surface area contributed by atoms with Crippen molar-refractivity contribution < 1.29 is 14.3 Å². The summed E-state index contributed by atoms with van der Waals surface area (Å²) in [6.45, 7) is 3.49. The van der Waals surface area contributed by atoms with E-state index in [0.717, 1.165) is 5.71 Å². The molecule has 1 amide bonds. The third-order valence-electron chi connectivity index (χ3n) is 1.83. The Bertz CT molecular complexity index is 412. The van der Waals surface area contributed by atoms with Crippen LogP contribution in [0, 0.1) is 0 Å². The SMILES string of the molecule is COc1ccccc1OCC(=O)NN=C(C)C. The number of carbonyl (C=O) groups is 1. The zero-order valence-electron chi connectivity index (χ0n) is 10.2. The molecule has 17 heavy (non-hydrogen) atoms. The van der Waals surface area contributed by atoms with Gasteiger partial charge in [0.15, 0.2) is 18.1 Å². The highest BCUT2D eigenvalue weighted by atomic mass is 16.5. The van der Waals surface area contributed by atoms with Gasteiger partial charge in [-0.05, 0) is 26.0 Å². The monoisotopic (exact) mass is 236 g/mol. The molecule has 0 radical (unpaired) electrons. The summed E-state index contributed by atoms with van der Waals surface area (Å²) in [5, 5.41) is 3.79. The number of amides is 1. The van der Waals surface area contributed by atoms with Gasteiger partial charge < -0.3 is 9.47 Å². The van der Waals surface area contributed by atoms with Crippen LogP contribution in [0.15, 0.2) is 29.4 Å². The van der Waals surface area contributed by atoms with E-state index in [2.05, 4.69) is 10.5 Å². The Labute approximate surface area is 100 Å². The number of nitrogens with zero attached hydrogens (tertiary/aromatic N) is 1. The first-order valence-electron chi connectivity index (χ1n) is 5.19. The van der Waals surface area contributed by atoms with Gasteiger partial charge in [0.2, 0.25) is 0 Å². The van der Waals surface area contributed by atoms with Crippen LogP contribution in [0.4, 0.5) is 0 Å². The molecule has 0 fully saturated rings. The minimum atomic E-state index is -0.308. The van der Waals surface area contributed by atoms with E-state index in [4.69, 9.17) is 9.47 Å². The molecule has 1 rings (SSSR count). The van der Waals surface area contributed by atoms with E-state index < -0.39 is 0 Å². The van der Waals surface area contributed by atoms with Crippen LogP contribution in [0.3, 0.4) is 0 Å². The average molecular weight is 236 g/mol. The molecule has 1 aromatic carbocycles. The highest BCUT2D eigenvalue weighted by Crippen LogP contribution is 2.25. The summed E-state index contributed by atoms with van der Waals surface area (Å²) in [5.41, 5.74) is 3.15. The number of para-hydroxylation sites is 2. The zero-order chi connectivity index (χ0) is 12.7. The van der Waals surface area contributed by atoms with Crippen LogP contribution in [-0.4, -0.2) is 25.3 Å². The number of hydrazone groups is 1. The third-order valence-corrected chi connectivity index (χ3v) is 1.83. The molecule has 5 heteroatoms. The number of rotatable bonds is 5. The summed E-state index contributed by atoms with van der Waals surface area (Å²) in [5.74, 6) is 0.815. The molecule has 1 N–H and O–H groups in total. The fraction of sp³-hybridized carbons (Fsp3) is 0.333. The maximum atomic E-state index is 11.3. The molecule has 0 aliphatic rings. The van der Waals surface area contributed by atoms with Crippen LogP contribution in [0.1, 0.15) is 13.8 Å². The molecule has 1 aromatic rings. The molecule has 0 saturated heterocycles. The summed E-state index contributed by atoms with van der Waals surface area (Å²) in [6, 6.07) is 7.14. The molecular weight excluding hydrogens is 220 g/mol. The molecule has 0 bridgehead atoms. The lowest BCUT2D eigenvalue weighted by atomic mass is 10.3. The first-order valence-corrected chi connectivity index (χ1v) is 5.19. The minimum absolute atomic E-state index is 0.100. The number of benzene rings is 1. The van der Waals surface area contributed by atoms with E-state index in [-0.39, 0.29) is 12.5 Å². The van der Waals surface area contributed by atoms with Gasteiger partial charge in [0.1, 0.15) is 0 Å². The summed E-state index contributed by atoms with van der Waals surface area (Å²) in [6.07, 6.45) is 0. The molecule has 0 aliphatic heterocycles. The van der Waals surface area contributed by atoms with Crippen LogP contribution in [0.5, 0.6) is 11.5 Å². The van der Waals surface area contributed by atoms with Gasteiger partial charge in [-0.3, -0.25) is 4.79 Å². The number of hydrogen-bond acceptors (Lipinski definition) is 4. The van der Waals surface area contributed by atoms with E-state index in [1.54, 1.807) is 33.1 Å². The number of hydrogen-bond donors (Lipinski definition) is 1. The van der Waals surface area contributed by atoms with Gasteiger partial charge in [-0.2, -0.15) is 5.10 Å². The molecule has 0 atom stereocenters. The van der Waals surface area contributed by atoms with Gasteiger partial charge in [-0.15, -0.1) is 0 Å². The predicted molar refractivity (Wildman–Crippen MR) is 65.4 cm³/mol. The maximum absolute atomic E-state index is 11.3. The normalized spacial score (nSPS) is 9.35. The molecule has 0 saturated carbocycles. The number of ether oxygens (including phenoxy) is 2. The van der Waals surface area contributed by atoms with Crippen molar-refractivity contribution in [3.63, 3.8) is 0 Å². The molecule has 0 heterocycles. The molecule has 5 nitrogen and oxygen atoms in total. The van der Waals surface area contributed by atoms with Crippen LogP contribution < -0.4 is 14.9 Å². The lowest BCUT2D eigenvalue weighted by Gasteiger charge is -2.09. The number of carbonyl (C=O) groups excluding carboxylic acids is 1.